The highest BCUT2D eigenvalue weighted by Crippen LogP contribution is 2.27. The number of ether oxygens (including phenoxy) is 1. The number of hydrogen-bond acceptors (Lipinski definition) is 5. The van der Waals surface area contributed by atoms with Crippen molar-refractivity contribution in [2.24, 2.45) is 0 Å². The van der Waals surface area contributed by atoms with Crippen LogP contribution in [0.3, 0.4) is 0 Å². The van der Waals surface area contributed by atoms with Crippen LogP contribution in [0.1, 0.15) is 12.0 Å². The minimum atomic E-state index is 0.701. The fourth-order valence-corrected chi connectivity index (χ4v) is 3.47. The number of aryl methyl sites for hydroxylation is 1. The zero-order valence-electron chi connectivity index (χ0n) is 15.8. The summed E-state index contributed by atoms with van der Waals surface area (Å²) in [6.07, 6.45) is 1.07. The number of hydrogen-bond donors (Lipinski definition) is 1. The number of fused-ring (bicyclic) bond motifs is 1. The van der Waals surface area contributed by atoms with Gasteiger partial charge in [0.2, 0.25) is 5.95 Å². The number of morpholine rings is 1. The lowest BCUT2D eigenvalue weighted by atomic mass is 10.0. The van der Waals surface area contributed by atoms with Gasteiger partial charge in [-0.25, -0.2) is 9.97 Å². The molecular weight excluding hydrogens is 336 g/mol. The van der Waals surface area contributed by atoms with Crippen molar-refractivity contribution in [2.75, 3.05) is 44.7 Å². The zero-order chi connectivity index (χ0) is 18.5. The van der Waals surface area contributed by atoms with Crippen LogP contribution in [0.15, 0.2) is 48.5 Å². The molecule has 0 atom stereocenters. The monoisotopic (exact) mass is 362 g/mol. The highest BCUT2D eigenvalue weighted by Gasteiger charge is 2.11. The second-order valence-electron chi connectivity index (χ2n) is 7.02. The Bertz CT molecular complexity index is 891. The highest BCUT2D eigenvalue weighted by molar-refractivity contribution is 5.93. The first-order chi connectivity index (χ1) is 13.3. The van der Waals surface area contributed by atoms with Crippen molar-refractivity contribution in [2.45, 2.75) is 13.3 Å². The fraction of sp³-hybridized carbons (Fsp3) is 0.364. The van der Waals surface area contributed by atoms with Crippen LogP contribution in [0.4, 0.5) is 5.95 Å². The molecule has 4 rings (SSSR count). The number of nitrogens with zero attached hydrogens (tertiary/aromatic N) is 3. The Kier molecular flexibility index (Phi) is 5.61. The van der Waals surface area contributed by atoms with E-state index in [1.165, 1.54) is 5.56 Å². The number of anilines is 1. The predicted octanol–water partition coefficient (Wildman–Crippen LogP) is 3.74. The number of rotatable bonds is 6. The Morgan fingerprint density at radius 2 is 1.85 bits per heavy atom. The van der Waals surface area contributed by atoms with Gasteiger partial charge in [-0.1, -0.05) is 42.0 Å². The van der Waals surface area contributed by atoms with Gasteiger partial charge in [0.15, 0.2) is 0 Å². The fourth-order valence-electron chi connectivity index (χ4n) is 3.47. The van der Waals surface area contributed by atoms with Gasteiger partial charge in [-0.3, -0.25) is 4.90 Å². The molecule has 1 fully saturated rings. The molecule has 0 radical (unpaired) electrons. The Morgan fingerprint density at radius 3 is 2.67 bits per heavy atom. The van der Waals surface area contributed by atoms with E-state index in [9.17, 15) is 0 Å². The van der Waals surface area contributed by atoms with Crippen molar-refractivity contribution in [1.82, 2.24) is 14.9 Å². The number of aromatic nitrogens is 2. The van der Waals surface area contributed by atoms with Gasteiger partial charge < -0.3 is 10.1 Å². The summed E-state index contributed by atoms with van der Waals surface area (Å²) in [6.45, 7) is 7.81. The Balaban J connectivity index is 1.52. The minimum absolute atomic E-state index is 0.701. The van der Waals surface area contributed by atoms with Gasteiger partial charge in [-0.2, -0.15) is 0 Å². The summed E-state index contributed by atoms with van der Waals surface area (Å²) in [7, 11) is 0. The summed E-state index contributed by atoms with van der Waals surface area (Å²) in [5.41, 5.74) is 4.30. The lowest BCUT2D eigenvalue weighted by Crippen LogP contribution is -2.37. The molecule has 1 aromatic heterocycles. The van der Waals surface area contributed by atoms with Crippen LogP contribution in [0.2, 0.25) is 0 Å². The molecule has 0 bridgehead atoms. The van der Waals surface area contributed by atoms with Gasteiger partial charge >= 0.3 is 0 Å². The second-order valence-corrected chi connectivity index (χ2v) is 7.02. The Morgan fingerprint density at radius 1 is 1.04 bits per heavy atom. The summed E-state index contributed by atoms with van der Waals surface area (Å²) in [4.78, 5) is 12.0. The van der Waals surface area contributed by atoms with Gasteiger partial charge in [0, 0.05) is 30.6 Å². The van der Waals surface area contributed by atoms with E-state index in [4.69, 9.17) is 14.7 Å². The average Bonchev–Trinajstić information content (AvgIpc) is 2.72. The summed E-state index contributed by atoms with van der Waals surface area (Å²) in [5.74, 6) is 0.701. The molecular formula is C22H26N4O. The maximum absolute atomic E-state index is 5.40. The summed E-state index contributed by atoms with van der Waals surface area (Å²) >= 11 is 0. The third-order valence-corrected chi connectivity index (χ3v) is 4.94. The first-order valence-electron chi connectivity index (χ1n) is 9.67. The quantitative estimate of drug-likeness (QED) is 0.677. The van der Waals surface area contributed by atoms with Crippen LogP contribution in [0, 0.1) is 6.92 Å². The van der Waals surface area contributed by atoms with E-state index in [0.29, 0.717) is 5.95 Å². The maximum atomic E-state index is 5.40. The van der Waals surface area contributed by atoms with Gasteiger partial charge in [0.25, 0.3) is 0 Å². The molecule has 1 saturated heterocycles. The van der Waals surface area contributed by atoms with E-state index in [1.807, 2.05) is 6.07 Å². The molecule has 0 aliphatic carbocycles. The molecule has 5 heteroatoms. The summed E-state index contributed by atoms with van der Waals surface area (Å²) in [6, 6.07) is 16.7. The largest absolute Gasteiger partial charge is 0.379 e. The van der Waals surface area contributed by atoms with Gasteiger partial charge in [0.1, 0.15) is 0 Å². The van der Waals surface area contributed by atoms with E-state index >= 15 is 0 Å². The van der Waals surface area contributed by atoms with Crippen molar-refractivity contribution in [3.8, 4) is 11.3 Å². The molecule has 1 aliphatic heterocycles. The third kappa shape index (κ3) is 4.43. The smallest absolute Gasteiger partial charge is 0.223 e. The molecule has 0 unspecified atom stereocenters. The predicted molar refractivity (Wildman–Crippen MR) is 110 cm³/mol. The lowest BCUT2D eigenvalue weighted by Gasteiger charge is -2.26. The second kappa shape index (κ2) is 8.46. The molecule has 0 saturated carbocycles. The topological polar surface area (TPSA) is 50.3 Å². The normalized spacial score (nSPS) is 15.1. The van der Waals surface area contributed by atoms with E-state index in [-0.39, 0.29) is 0 Å². The van der Waals surface area contributed by atoms with Crippen molar-refractivity contribution >= 4 is 16.9 Å². The molecule has 3 aromatic rings. The van der Waals surface area contributed by atoms with Gasteiger partial charge in [0.05, 0.1) is 24.4 Å². The maximum Gasteiger partial charge on any atom is 0.223 e. The van der Waals surface area contributed by atoms with Crippen molar-refractivity contribution in [1.29, 1.82) is 0 Å². The van der Waals surface area contributed by atoms with Crippen LogP contribution in [-0.4, -0.2) is 54.3 Å². The van der Waals surface area contributed by atoms with Crippen molar-refractivity contribution in [3.05, 3.63) is 54.1 Å². The van der Waals surface area contributed by atoms with Crippen LogP contribution in [0.25, 0.3) is 22.2 Å². The van der Waals surface area contributed by atoms with Crippen LogP contribution >= 0.6 is 0 Å². The number of nitrogens with one attached hydrogen (secondary N) is 1. The minimum Gasteiger partial charge on any atom is -0.379 e. The SMILES string of the molecule is Cc1ccc2nc(NCCCN3CCOCC3)nc(-c3ccccc3)c2c1. The van der Waals surface area contributed by atoms with Gasteiger partial charge in [-0.15, -0.1) is 0 Å². The zero-order valence-corrected chi connectivity index (χ0v) is 15.8. The van der Waals surface area contributed by atoms with E-state index in [1.54, 1.807) is 0 Å². The van der Waals surface area contributed by atoms with Crippen molar-refractivity contribution in [3.63, 3.8) is 0 Å². The summed E-state index contributed by atoms with van der Waals surface area (Å²) < 4.78 is 5.40. The molecule has 0 spiro atoms. The van der Waals surface area contributed by atoms with E-state index < -0.39 is 0 Å². The molecule has 1 N–H and O–H groups in total. The molecule has 1 aliphatic rings. The highest BCUT2D eigenvalue weighted by atomic mass is 16.5. The number of benzene rings is 2. The average molecular weight is 362 g/mol. The van der Waals surface area contributed by atoms with Crippen LogP contribution in [0.5, 0.6) is 0 Å². The van der Waals surface area contributed by atoms with E-state index in [2.05, 4.69) is 59.6 Å². The Labute approximate surface area is 160 Å². The molecule has 140 valence electrons. The molecule has 27 heavy (non-hydrogen) atoms. The summed E-state index contributed by atoms with van der Waals surface area (Å²) in [5, 5.41) is 4.52. The van der Waals surface area contributed by atoms with Crippen LogP contribution in [-0.2, 0) is 4.74 Å². The Hall–Kier alpha value is -2.50. The molecule has 0 amide bonds. The third-order valence-electron chi connectivity index (χ3n) is 4.94. The molecule has 2 heterocycles. The van der Waals surface area contributed by atoms with Crippen molar-refractivity contribution < 1.29 is 4.74 Å². The van der Waals surface area contributed by atoms with Crippen LogP contribution < -0.4 is 5.32 Å². The first kappa shape index (κ1) is 17.9. The standard InChI is InChI=1S/C22H26N4O/c1-17-8-9-20-19(16-17)21(18-6-3-2-4-7-18)25-22(24-20)23-10-5-11-26-12-14-27-15-13-26/h2-4,6-9,16H,5,10-15H2,1H3,(H,23,24,25). The molecule has 5 nitrogen and oxygen atoms in total. The first-order valence-corrected chi connectivity index (χ1v) is 9.67. The lowest BCUT2D eigenvalue weighted by molar-refractivity contribution is 0.0378. The van der Waals surface area contributed by atoms with Gasteiger partial charge in [-0.05, 0) is 32.0 Å². The van der Waals surface area contributed by atoms with E-state index in [0.717, 1.165) is 68.0 Å². The molecule has 2 aromatic carbocycles.